The molecule has 0 atom stereocenters. The molecule has 0 radical (unpaired) electrons. The van der Waals surface area contributed by atoms with E-state index < -0.39 is 14.9 Å². The summed E-state index contributed by atoms with van der Waals surface area (Å²) < 4.78 is 37.5. The minimum absolute atomic E-state index is 0.0497. The molecule has 3 rings (SSSR count). The molecule has 2 aromatic rings. The fourth-order valence-corrected chi connectivity index (χ4v) is 4.65. The second kappa shape index (κ2) is 9.75. The standard InChI is InChI=1S/C20H21N3O8S/c1-30-19-11-15(13-24)5-6-18(19)31-14-20(25)21-7-9-22(10-8-21)32(28,29)17-4-2-3-16(12-17)23(26)27/h2-6,11-13H,7-10,14H2,1H3. The van der Waals surface area contributed by atoms with E-state index in [1.807, 2.05) is 0 Å². The third-order valence-electron chi connectivity index (χ3n) is 4.93. The molecule has 0 aromatic heterocycles. The number of rotatable bonds is 8. The highest BCUT2D eigenvalue weighted by Gasteiger charge is 2.31. The number of aldehydes is 1. The molecule has 0 N–H and O–H groups in total. The Kier molecular flexibility index (Phi) is 7.05. The number of carbonyl (C=O) groups is 2. The van der Waals surface area contributed by atoms with Crippen LogP contribution >= 0.6 is 0 Å². The number of piperazine rings is 1. The lowest BCUT2D eigenvalue weighted by atomic mass is 10.2. The normalized spacial score (nSPS) is 14.6. The zero-order chi connectivity index (χ0) is 23.3. The Labute approximate surface area is 184 Å². The van der Waals surface area contributed by atoms with E-state index in [4.69, 9.17) is 9.47 Å². The molecule has 1 saturated heterocycles. The van der Waals surface area contributed by atoms with Crippen molar-refractivity contribution < 1.29 is 32.4 Å². The van der Waals surface area contributed by atoms with E-state index in [-0.39, 0.29) is 49.3 Å². The summed E-state index contributed by atoms with van der Waals surface area (Å²) in [6.07, 6.45) is 0.665. The molecular weight excluding hydrogens is 442 g/mol. The minimum atomic E-state index is -3.92. The Morgan fingerprint density at radius 3 is 2.47 bits per heavy atom. The largest absolute Gasteiger partial charge is 0.493 e. The number of nitro groups is 1. The van der Waals surface area contributed by atoms with Crippen LogP contribution in [0.3, 0.4) is 0 Å². The predicted octanol–water partition coefficient (Wildman–Crippen LogP) is 1.33. The maximum absolute atomic E-state index is 12.8. The number of hydrogen-bond acceptors (Lipinski definition) is 8. The molecule has 1 aliphatic rings. The van der Waals surface area contributed by atoms with Crippen LogP contribution in [0.2, 0.25) is 0 Å². The lowest BCUT2D eigenvalue weighted by Gasteiger charge is -2.34. The fourth-order valence-electron chi connectivity index (χ4n) is 3.19. The molecule has 11 nitrogen and oxygen atoms in total. The van der Waals surface area contributed by atoms with E-state index >= 15 is 0 Å². The van der Waals surface area contributed by atoms with Crippen molar-refractivity contribution >= 4 is 27.9 Å². The Morgan fingerprint density at radius 2 is 1.84 bits per heavy atom. The van der Waals surface area contributed by atoms with Crippen LogP contribution in [0.25, 0.3) is 0 Å². The third kappa shape index (κ3) is 5.03. The van der Waals surface area contributed by atoms with Crippen molar-refractivity contribution in [3.05, 3.63) is 58.1 Å². The molecule has 0 spiro atoms. The molecule has 0 aliphatic carbocycles. The summed E-state index contributed by atoms with van der Waals surface area (Å²) in [6.45, 7) is 0.117. The summed E-state index contributed by atoms with van der Waals surface area (Å²) in [4.78, 5) is 34.9. The van der Waals surface area contributed by atoms with Crippen molar-refractivity contribution in [1.82, 2.24) is 9.21 Å². The molecule has 1 aliphatic heterocycles. The number of benzene rings is 2. The molecule has 1 amide bonds. The van der Waals surface area contributed by atoms with Gasteiger partial charge >= 0.3 is 0 Å². The fraction of sp³-hybridized carbons (Fsp3) is 0.300. The van der Waals surface area contributed by atoms with E-state index in [1.165, 1.54) is 52.7 Å². The number of non-ortho nitro benzene ring substituents is 1. The van der Waals surface area contributed by atoms with Gasteiger partial charge in [-0.05, 0) is 24.3 Å². The maximum atomic E-state index is 12.8. The van der Waals surface area contributed by atoms with Crippen molar-refractivity contribution in [3.63, 3.8) is 0 Å². The molecule has 1 fully saturated rings. The third-order valence-corrected chi connectivity index (χ3v) is 6.83. The van der Waals surface area contributed by atoms with E-state index in [9.17, 15) is 28.1 Å². The van der Waals surface area contributed by atoms with Crippen molar-refractivity contribution in [2.24, 2.45) is 0 Å². The van der Waals surface area contributed by atoms with Crippen LogP contribution < -0.4 is 9.47 Å². The topological polar surface area (TPSA) is 136 Å². The second-order valence-electron chi connectivity index (χ2n) is 6.86. The molecule has 32 heavy (non-hydrogen) atoms. The van der Waals surface area contributed by atoms with Gasteiger partial charge in [0, 0.05) is 43.9 Å². The highest BCUT2D eigenvalue weighted by molar-refractivity contribution is 7.89. The van der Waals surface area contributed by atoms with Gasteiger partial charge in [0.1, 0.15) is 6.29 Å². The van der Waals surface area contributed by atoms with Crippen LogP contribution in [0.15, 0.2) is 47.4 Å². The molecular formula is C20H21N3O8S. The summed E-state index contributed by atoms with van der Waals surface area (Å²) in [6, 6.07) is 9.41. The van der Waals surface area contributed by atoms with Crippen molar-refractivity contribution in [1.29, 1.82) is 0 Å². The average molecular weight is 463 g/mol. The van der Waals surface area contributed by atoms with Gasteiger partial charge in [0.15, 0.2) is 18.1 Å². The van der Waals surface area contributed by atoms with Gasteiger partial charge in [0.05, 0.1) is 16.9 Å². The van der Waals surface area contributed by atoms with Gasteiger partial charge in [-0.3, -0.25) is 19.7 Å². The maximum Gasteiger partial charge on any atom is 0.270 e. The molecule has 0 bridgehead atoms. The number of methoxy groups -OCH3 is 1. The van der Waals surface area contributed by atoms with Gasteiger partial charge in [-0.2, -0.15) is 4.31 Å². The number of amides is 1. The molecule has 0 unspecified atom stereocenters. The number of ether oxygens (including phenoxy) is 2. The predicted molar refractivity (Wildman–Crippen MR) is 112 cm³/mol. The van der Waals surface area contributed by atoms with Gasteiger partial charge in [-0.15, -0.1) is 0 Å². The first kappa shape index (κ1) is 23.2. The van der Waals surface area contributed by atoms with Crippen LogP contribution in [-0.2, 0) is 14.8 Å². The van der Waals surface area contributed by atoms with Gasteiger partial charge in [0.2, 0.25) is 10.0 Å². The minimum Gasteiger partial charge on any atom is -0.493 e. The van der Waals surface area contributed by atoms with Crippen molar-refractivity contribution in [3.8, 4) is 11.5 Å². The number of nitro benzene ring substituents is 1. The van der Waals surface area contributed by atoms with Gasteiger partial charge in [-0.1, -0.05) is 6.07 Å². The number of hydrogen-bond donors (Lipinski definition) is 0. The highest BCUT2D eigenvalue weighted by Crippen LogP contribution is 2.28. The Bertz CT molecular complexity index is 1130. The lowest BCUT2D eigenvalue weighted by molar-refractivity contribution is -0.385. The summed E-state index contributed by atoms with van der Waals surface area (Å²) in [5, 5.41) is 10.9. The van der Waals surface area contributed by atoms with Crippen LogP contribution in [-0.4, -0.2) is 74.6 Å². The summed E-state index contributed by atoms with van der Waals surface area (Å²) in [5.74, 6) is 0.285. The smallest absolute Gasteiger partial charge is 0.270 e. The first-order chi connectivity index (χ1) is 15.3. The number of nitrogens with zero attached hydrogens (tertiary/aromatic N) is 3. The molecule has 12 heteroatoms. The average Bonchev–Trinajstić information content (AvgIpc) is 2.82. The van der Waals surface area contributed by atoms with Crippen molar-refractivity contribution in [2.45, 2.75) is 4.90 Å². The number of sulfonamides is 1. The van der Waals surface area contributed by atoms with Crippen molar-refractivity contribution in [2.75, 3.05) is 39.9 Å². The van der Waals surface area contributed by atoms with Crippen LogP contribution in [0, 0.1) is 10.1 Å². The van der Waals surface area contributed by atoms with Gasteiger partial charge in [0.25, 0.3) is 11.6 Å². The molecule has 170 valence electrons. The van der Waals surface area contributed by atoms with Crippen LogP contribution in [0.1, 0.15) is 10.4 Å². The molecule has 2 aromatic carbocycles. The number of carbonyl (C=O) groups excluding carboxylic acids is 2. The highest BCUT2D eigenvalue weighted by atomic mass is 32.2. The summed E-state index contributed by atoms with van der Waals surface area (Å²) in [7, 11) is -2.51. The van der Waals surface area contributed by atoms with Gasteiger partial charge < -0.3 is 14.4 Å². The Balaban J connectivity index is 1.59. The SMILES string of the molecule is COc1cc(C=O)ccc1OCC(=O)N1CCN(S(=O)(=O)c2cccc([N+](=O)[O-])c2)CC1. The summed E-state index contributed by atoms with van der Waals surface area (Å²) in [5.41, 5.74) is 0.0928. The van der Waals surface area contributed by atoms with E-state index in [2.05, 4.69) is 0 Å². The molecule has 0 saturated carbocycles. The Morgan fingerprint density at radius 1 is 1.12 bits per heavy atom. The zero-order valence-corrected chi connectivity index (χ0v) is 18.0. The van der Waals surface area contributed by atoms with Gasteiger partial charge in [-0.25, -0.2) is 8.42 Å². The Hall–Kier alpha value is -3.51. The van der Waals surface area contributed by atoms with E-state index in [0.29, 0.717) is 23.3 Å². The first-order valence-electron chi connectivity index (χ1n) is 9.54. The molecule has 1 heterocycles. The van der Waals surface area contributed by atoms with E-state index in [0.717, 1.165) is 6.07 Å². The van der Waals surface area contributed by atoms with Crippen LogP contribution in [0.4, 0.5) is 5.69 Å². The zero-order valence-electron chi connectivity index (χ0n) is 17.2. The quantitative estimate of drug-likeness (QED) is 0.325. The second-order valence-corrected chi connectivity index (χ2v) is 8.79. The monoisotopic (exact) mass is 463 g/mol. The summed E-state index contributed by atoms with van der Waals surface area (Å²) >= 11 is 0. The lowest BCUT2D eigenvalue weighted by Crippen LogP contribution is -2.51. The van der Waals surface area contributed by atoms with E-state index in [1.54, 1.807) is 0 Å². The first-order valence-corrected chi connectivity index (χ1v) is 11.0. The van der Waals surface area contributed by atoms with Crippen LogP contribution in [0.5, 0.6) is 11.5 Å².